The number of halogens is 1. The van der Waals surface area contributed by atoms with Crippen LogP contribution in [0.3, 0.4) is 0 Å². The van der Waals surface area contributed by atoms with Gasteiger partial charge in [0.15, 0.2) is 6.61 Å². The van der Waals surface area contributed by atoms with Gasteiger partial charge in [0.05, 0.1) is 11.4 Å². The molecule has 0 saturated heterocycles. The van der Waals surface area contributed by atoms with Crippen LogP contribution in [-0.4, -0.2) is 22.3 Å². The second kappa shape index (κ2) is 7.27. The highest BCUT2D eigenvalue weighted by molar-refractivity contribution is 6.30. The van der Waals surface area contributed by atoms with Crippen LogP contribution in [0, 0.1) is 12.3 Å². The zero-order chi connectivity index (χ0) is 14.2. The molecule has 0 saturated carbocycles. The maximum Gasteiger partial charge on any atom is 0.177 e. The van der Waals surface area contributed by atoms with E-state index in [1.807, 2.05) is 12.1 Å². The largest absolute Gasteiger partial charge is 0.382 e. The zero-order valence-corrected chi connectivity index (χ0v) is 11.4. The quantitative estimate of drug-likeness (QED) is 0.367. The second-order valence-corrected chi connectivity index (χ2v) is 4.33. The molecule has 0 atom stereocenters. The maximum absolute atomic E-state index is 5.88. The van der Waals surface area contributed by atoms with Crippen LogP contribution >= 0.6 is 11.6 Å². The van der Waals surface area contributed by atoms with E-state index >= 15 is 0 Å². The van der Waals surface area contributed by atoms with Crippen LogP contribution in [0.1, 0.15) is 11.3 Å². The number of benzene rings is 1. The molecule has 1 heterocycles. The summed E-state index contributed by atoms with van der Waals surface area (Å²) in [5, 5.41) is 4.74. The second-order valence-electron chi connectivity index (χ2n) is 3.90. The smallest absolute Gasteiger partial charge is 0.177 e. The van der Waals surface area contributed by atoms with Gasteiger partial charge in [0.1, 0.15) is 0 Å². The topological polar surface area (TPSA) is 47.4 Å². The standard InChI is InChI=1S/C15H12ClN3O/c1-2-9-20-19-15(10-14-11-17-7-8-18-14)12-3-5-13(16)6-4-12/h1,3-8,11H,9-10H2. The van der Waals surface area contributed by atoms with Crippen LogP contribution in [0.25, 0.3) is 0 Å². The van der Waals surface area contributed by atoms with Crippen molar-refractivity contribution in [3.63, 3.8) is 0 Å². The molecule has 1 aromatic carbocycles. The third kappa shape index (κ3) is 4.08. The first-order valence-electron chi connectivity index (χ1n) is 5.92. The highest BCUT2D eigenvalue weighted by Gasteiger charge is 2.07. The Morgan fingerprint density at radius 1 is 1.30 bits per heavy atom. The van der Waals surface area contributed by atoms with Crippen molar-refractivity contribution in [3.8, 4) is 12.3 Å². The van der Waals surface area contributed by atoms with Crippen LogP contribution < -0.4 is 0 Å². The van der Waals surface area contributed by atoms with Crippen LogP contribution in [0.2, 0.25) is 5.02 Å². The first kappa shape index (κ1) is 14.0. The molecule has 0 bridgehead atoms. The molecule has 5 heteroatoms. The lowest BCUT2D eigenvalue weighted by atomic mass is 10.1. The average molecular weight is 286 g/mol. The summed E-state index contributed by atoms with van der Waals surface area (Å²) in [5.74, 6) is 2.37. The SMILES string of the molecule is C#CCON=C(Cc1cnccn1)c1ccc(Cl)cc1. The molecule has 0 aliphatic heterocycles. The summed E-state index contributed by atoms with van der Waals surface area (Å²) in [6.45, 7) is 0.123. The van der Waals surface area contributed by atoms with Crippen molar-refractivity contribution in [1.29, 1.82) is 0 Å². The van der Waals surface area contributed by atoms with E-state index in [4.69, 9.17) is 22.9 Å². The van der Waals surface area contributed by atoms with Gasteiger partial charge in [-0.15, -0.1) is 6.42 Å². The molecule has 0 aliphatic carbocycles. The average Bonchev–Trinajstić information content (AvgIpc) is 2.48. The zero-order valence-electron chi connectivity index (χ0n) is 10.7. The lowest BCUT2D eigenvalue weighted by Gasteiger charge is -2.06. The van der Waals surface area contributed by atoms with Crippen molar-refractivity contribution in [3.05, 3.63) is 59.1 Å². The first-order valence-corrected chi connectivity index (χ1v) is 6.30. The predicted molar refractivity (Wildman–Crippen MR) is 78.5 cm³/mol. The van der Waals surface area contributed by atoms with E-state index in [-0.39, 0.29) is 6.61 Å². The molecule has 100 valence electrons. The van der Waals surface area contributed by atoms with Crippen LogP contribution in [-0.2, 0) is 11.3 Å². The molecule has 1 aromatic heterocycles. The van der Waals surface area contributed by atoms with Crippen molar-refractivity contribution in [1.82, 2.24) is 9.97 Å². The van der Waals surface area contributed by atoms with E-state index in [0.29, 0.717) is 11.4 Å². The highest BCUT2D eigenvalue weighted by Crippen LogP contribution is 2.12. The van der Waals surface area contributed by atoms with Gasteiger partial charge in [-0.2, -0.15) is 0 Å². The monoisotopic (exact) mass is 285 g/mol. The highest BCUT2D eigenvalue weighted by atomic mass is 35.5. The fraction of sp³-hybridized carbons (Fsp3) is 0.133. The molecule has 0 amide bonds. The number of hydrogen-bond donors (Lipinski definition) is 0. The minimum atomic E-state index is 0.123. The first-order chi connectivity index (χ1) is 9.79. The summed E-state index contributed by atoms with van der Waals surface area (Å²) >= 11 is 5.88. The maximum atomic E-state index is 5.88. The van der Waals surface area contributed by atoms with E-state index in [0.717, 1.165) is 17.0 Å². The van der Waals surface area contributed by atoms with Crippen molar-refractivity contribution >= 4 is 17.3 Å². The minimum absolute atomic E-state index is 0.123. The molecule has 0 unspecified atom stereocenters. The van der Waals surface area contributed by atoms with Gasteiger partial charge in [-0.05, 0) is 17.7 Å². The normalized spacial score (nSPS) is 10.9. The third-order valence-electron chi connectivity index (χ3n) is 2.47. The molecular weight excluding hydrogens is 274 g/mol. The Kier molecular flexibility index (Phi) is 5.10. The van der Waals surface area contributed by atoms with E-state index in [9.17, 15) is 0 Å². The molecule has 0 spiro atoms. The summed E-state index contributed by atoms with van der Waals surface area (Å²) in [6.07, 6.45) is 10.6. The number of hydrogen-bond acceptors (Lipinski definition) is 4. The van der Waals surface area contributed by atoms with Crippen LogP contribution in [0.5, 0.6) is 0 Å². The van der Waals surface area contributed by atoms with E-state index in [1.165, 1.54) is 0 Å². The number of rotatable bonds is 5. The fourth-order valence-corrected chi connectivity index (χ4v) is 1.70. The van der Waals surface area contributed by atoms with Crippen molar-refractivity contribution < 1.29 is 4.84 Å². The number of terminal acetylenes is 1. The Morgan fingerprint density at radius 3 is 2.75 bits per heavy atom. The molecule has 4 nitrogen and oxygen atoms in total. The summed E-state index contributed by atoms with van der Waals surface area (Å²) in [5.41, 5.74) is 2.42. The van der Waals surface area contributed by atoms with Crippen LogP contribution in [0.15, 0.2) is 48.0 Å². The molecule has 0 radical (unpaired) electrons. The van der Waals surface area contributed by atoms with Gasteiger partial charge >= 0.3 is 0 Å². The molecule has 0 fully saturated rings. The van der Waals surface area contributed by atoms with Crippen LogP contribution in [0.4, 0.5) is 0 Å². The lowest BCUT2D eigenvalue weighted by Crippen LogP contribution is -2.08. The lowest BCUT2D eigenvalue weighted by molar-refractivity contribution is 0.179. The van der Waals surface area contributed by atoms with Gasteiger partial charge < -0.3 is 4.84 Å². The Bertz CT molecular complexity index is 618. The third-order valence-corrected chi connectivity index (χ3v) is 2.72. The molecule has 2 rings (SSSR count). The molecule has 20 heavy (non-hydrogen) atoms. The molecule has 2 aromatic rings. The van der Waals surface area contributed by atoms with Gasteiger partial charge in [0, 0.05) is 30.0 Å². The van der Waals surface area contributed by atoms with Gasteiger partial charge in [0.25, 0.3) is 0 Å². The summed E-state index contributed by atoms with van der Waals surface area (Å²) in [4.78, 5) is 13.3. The molecule has 0 N–H and O–H groups in total. The molecular formula is C15H12ClN3O. The molecule has 0 aliphatic rings. The Labute approximate surface area is 122 Å². The number of nitrogens with zero attached hydrogens (tertiary/aromatic N) is 3. The van der Waals surface area contributed by atoms with Gasteiger partial charge in [0.2, 0.25) is 0 Å². The van der Waals surface area contributed by atoms with Gasteiger partial charge in [-0.3, -0.25) is 9.97 Å². The minimum Gasteiger partial charge on any atom is -0.382 e. The summed E-state index contributed by atoms with van der Waals surface area (Å²) < 4.78 is 0. The van der Waals surface area contributed by atoms with Gasteiger partial charge in [-0.25, -0.2) is 0 Å². The van der Waals surface area contributed by atoms with E-state index < -0.39 is 0 Å². The van der Waals surface area contributed by atoms with Crippen molar-refractivity contribution in [2.45, 2.75) is 6.42 Å². The number of oxime groups is 1. The van der Waals surface area contributed by atoms with Crippen molar-refractivity contribution in [2.24, 2.45) is 5.16 Å². The predicted octanol–water partition coefficient (Wildman–Crippen LogP) is 2.73. The van der Waals surface area contributed by atoms with E-state index in [2.05, 4.69) is 21.0 Å². The summed E-state index contributed by atoms with van der Waals surface area (Å²) in [6, 6.07) is 7.34. The van der Waals surface area contributed by atoms with Crippen molar-refractivity contribution in [2.75, 3.05) is 6.61 Å². The number of aromatic nitrogens is 2. The Morgan fingerprint density at radius 2 is 2.10 bits per heavy atom. The van der Waals surface area contributed by atoms with E-state index in [1.54, 1.807) is 30.7 Å². The fourth-order valence-electron chi connectivity index (χ4n) is 1.57. The van der Waals surface area contributed by atoms with Gasteiger partial charge in [-0.1, -0.05) is 34.8 Å². The Hall–Kier alpha value is -2.38. The summed E-state index contributed by atoms with van der Waals surface area (Å²) in [7, 11) is 0. The Balaban J connectivity index is 2.23.